The van der Waals surface area contributed by atoms with Gasteiger partial charge in [-0.15, -0.1) is 0 Å². The lowest BCUT2D eigenvalue weighted by molar-refractivity contribution is -0.119. The summed E-state index contributed by atoms with van der Waals surface area (Å²) in [6.45, 7) is 1.02. The fourth-order valence-electron chi connectivity index (χ4n) is 3.06. The first kappa shape index (κ1) is 21.4. The van der Waals surface area contributed by atoms with Gasteiger partial charge in [-0.05, 0) is 30.1 Å². The van der Waals surface area contributed by atoms with Crippen molar-refractivity contribution < 1.29 is 9.53 Å². The van der Waals surface area contributed by atoms with E-state index in [-0.39, 0.29) is 0 Å². The monoisotopic (exact) mass is 436 g/mol. The summed E-state index contributed by atoms with van der Waals surface area (Å²) in [6, 6.07) is 0. The topological polar surface area (TPSA) is 29.6 Å². The van der Waals surface area contributed by atoms with Crippen LogP contribution in [0.5, 0.6) is 0 Å². The summed E-state index contributed by atoms with van der Waals surface area (Å²) in [5, 5.41) is 0. The molecule has 1 aliphatic heterocycles. The fourth-order valence-corrected chi connectivity index (χ4v) is 3.60. The van der Waals surface area contributed by atoms with E-state index in [1.54, 1.807) is 0 Å². The molecule has 0 aromatic rings. The van der Waals surface area contributed by atoms with Crippen LogP contribution in [0.1, 0.15) is 103 Å². The highest BCUT2D eigenvalue weighted by Crippen LogP contribution is 2.18. The summed E-state index contributed by atoms with van der Waals surface area (Å²) in [5.41, 5.74) is 0. The standard InChI is InChI=1S/C20H37IO2/c21-17-13-12-15-19(22)14-10-8-6-4-2-1-3-5-7-9-11-16-20-18-23-20/h20H,1-18H2. The maximum absolute atomic E-state index is 11.6. The number of halogens is 1. The van der Waals surface area contributed by atoms with Gasteiger partial charge in [-0.1, -0.05) is 86.8 Å². The molecule has 23 heavy (non-hydrogen) atoms. The first-order valence-electron chi connectivity index (χ1n) is 10.0. The van der Waals surface area contributed by atoms with Crippen molar-refractivity contribution in [2.24, 2.45) is 0 Å². The van der Waals surface area contributed by atoms with Gasteiger partial charge in [0.1, 0.15) is 5.78 Å². The van der Waals surface area contributed by atoms with Crippen LogP contribution in [0.4, 0.5) is 0 Å². The maximum atomic E-state index is 11.6. The largest absolute Gasteiger partial charge is 0.373 e. The number of carbonyl (C=O) groups excluding carboxylic acids is 1. The third-order valence-corrected chi connectivity index (χ3v) is 5.49. The van der Waals surface area contributed by atoms with E-state index in [2.05, 4.69) is 22.6 Å². The number of unbranched alkanes of at least 4 members (excludes halogenated alkanes) is 11. The average Bonchev–Trinajstić information content (AvgIpc) is 3.36. The van der Waals surface area contributed by atoms with Gasteiger partial charge in [-0.3, -0.25) is 4.79 Å². The van der Waals surface area contributed by atoms with Gasteiger partial charge < -0.3 is 4.74 Å². The Morgan fingerprint density at radius 3 is 1.65 bits per heavy atom. The number of hydrogen-bond acceptors (Lipinski definition) is 2. The lowest BCUT2D eigenvalue weighted by Gasteiger charge is -2.03. The molecule has 1 unspecified atom stereocenters. The van der Waals surface area contributed by atoms with Crippen LogP contribution in [0.3, 0.4) is 0 Å². The normalized spacial score (nSPS) is 16.7. The van der Waals surface area contributed by atoms with E-state index in [1.165, 1.54) is 81.5 Å². The Morgan fingerprint density at radius 1 is 0.739 bits per heavy atom. The summed E-state index contributed by atoms with van der Waals surface area (Å²) in [7, 11) is 0. The van der Waals surface area contributed by atoms with Crippen molar-refractivity contribution in [1.82, 2.24) is 0 Å². The Morgan fingerprint density at radius 2 is 1.17 bits per heavy atom. The van der Waals surface area contributed by atoms with Crippen LogP contribution in [0.2, 0.25) is 0 Å². The van der Waals surface area contributed by atoms with E-state index < -0.39 is 0 Å². The molecule has 0 radical (unpaired) electrons. The van der Waals surface area contributed by atoms with Gasteiger partial charge >= 0.3 is 0 Å². The van der Waals surface area contributed by atoms with Crippen molar-refractivity contribution >= 4 is 28.4 Å². The van der Waals surface area contributed by atoms with Gasteiger partial charge in [0.2, 0.25) is 0 Å². The molecule has 1 rings (SSSR count). The molecular weight excluding hydrogens is 399 g/mol. The van der Waals surface area contributed by atoms with E-state index >= 15 is 0 Å². The SMILES string of the molecule is O=C(CCCCI)CCCCCCCCCCCCCC1CO1. The van der Waals surface area contributed by atoms with Crippen LogP contribution in [0, 0.1) is 0 Å². The molecule has 1 atom stereocenters. The van der Waals surface area contributed by atoms with Crippen molar-refractivity contribution in [2.75, 3.05) is 11.0 Å². The Kier molecular flexibility index (Phi) is 14.8. The third kappa shape index (κ3) is 15.6. The van der Waals surface area contributed by atoms with E-state index in [0.29, 0.717) is 11.9 Å². The molecule has 1 fully saturated rings. The van der Waals surface area contributed by atoms with Crippen LogP contribution in [0.15, 0.2) is 0 Å². The zero-order valence-corrected chi connectivity index (χ0v) is 17.2. The lowest BCUT2D eigenvalue weighted by atomic mass is 10.0. The second kappa shape index (κ2) is 15.9. The number of Topliss-reactive ketones (excluding diaryl/α,β-unsaturated/α-hetero) is 1. The molecule has 0 bridgehead atoms. The summed E-state index contributed by atoms with van der Waals surface area (Å²) in [4.78, 5) is 11.6. The number of hydrogen-bond donors (Lipinski definition) is 0. The first-order valence-corrected chi connectivity index (χ1v) is 11.5. The van der Waals surface area contributed by atoms with E-state index in [0.717, 1.165) is 32.3 Å². The van der Waals surface area contributed by atoms with E-state index in [9.17, 15) is 4.79 Å². The minimum absolute atomic E-state index is 0.489. The molecule has 1 aliphatic rings. The number of ketones is 1. The van der Waals surface area contributed by atoms with Gasteiger partial charge in [-0.2, -0.15) is 0 Å². The Labute approximate surface area is 157 Å². The van der Waals surface area contributed by atoms with Crippen molar-refractivity contribution in [3.63, 3.8) is 0 Å². The quantitative estimate of drug-likeness (QED) is 0.104. The van der Waals surface area contributed by atoms with Gasteiger partial charge in [0.25, 0.3) is 0 Å². The molecule has 0 aromatic heterocycles. The number of epoxide rings is 1. The molecule has 0 spiro atoms. The molecule has 0 N–H and O–H groups in total. The van der Waals surface area contributed by atoms with Gasteiger partial charge in [0.15, 0.2) is 0 Å². The molecule has 0 saturated carbocycles. The Hall–Kier alpha value is 0.360. The van der Waals surface area contributed by atoms with E-state index in [4.69, 9.17) is 4.74 Å². The number of carbonyl (C=O) groups is 1. The van der Waals surface area contributed by atoms with Crippen LogP contribution in [-0.2, 0) is 9.53 Å². The minimum atomic E-state index is 0.489. The molecule has 0 aliphatic carbocycles. The van der Waals surface area contributed by atoms with Crippen molar-refractivity contribution in [3.05, 3.63) is 0 Å². The predicted molar refractivity (Wildman–Crippen MR) is 108 cm³/mol. The number of rotatable bonds is 18. The minimum Gasteiger partial charge on any atom is -0.373 e. The zero-order chi connectivity index (χ0) is 16.6. The first-order chi connectivity index (χ1) is 11.3. The van der Waals surface area contributed by atoms with E-state index in [1.807, 2.05) is 0 Å². The number of ether oxygens (including phenoxy) is 1. The zero-order valence-electron chi connectivity index (χ0n) is 15.0. The van der Waals surface area contributed by atoms with Crippen molar-refractivity contribution in [3.8, 4) is 0 Å². The molecule has 1 heterocycles. The van der Waals surface area contributed by atoms with Crippen LogP contribution < -0.4 is 0 Å². The Bertz CT molecular complexity index is 277. The second-order valence-electron chi connectivity index (χ2n) is 7.07. The summed E-state index contributed by atoms with van der Waals surface area (Å²) in [6.07, 6.45) is 20.7. The summed E-state index contributed by atoms with van der Waals surface area (Å²) in [5.74, 6) is 0.489. The highest BCUT2D eigenvalue weighted by atomic mass is 127. The molecule has 1 saturated heterocycles. The highest BCUT2D eigenvalue weighted by Gasteiger charge is 2.20. The van der Waals surface area contributed by atoms with Crippen LogP contribution >= 0.6 is 22.6 Å². The summed E-state index contributed by atoms with van der Waals surface area (Å²) >= 11 is 2.38. The number of alkyl halides is 1. The smallest absolute Gasteiger partial charge is 0.132 e. The molecular formula is C20H37IO2. The molecule has 3 heteroatoms. The molecule has 0 aromatic carbocycles. The van der Waals surface area contributed by atoms with Gasteiger partial charge in [0.05, 0.1) is 12.7 Å². The van der Waals surface area contributed by atoms with Gasteiger partial charge in [0, 0.05) is 12.8 Å². The molecule has 0 amide bonds. The second-order valence-corrected chi connectivity index (χ2v) is 8.15. The average molecular weight is 436 g/mol. The summed E-state index contributed by atoms with van der Waals surface area (Å²) < 4.78 is 6.41. The highest BCUT2D eigenvalue weighted by molar-refractivity contribution is 14.1. The van der Waals surface area contributed by atoms with Crippen molar-refractivity contribution in [2.45, 2.75) is 109 Å². The predicted octanol–water partition coefficient (Wildman–Crippen LogP) is 6.63. The lowest BCUT2D eigenvalue weighted by Crippen LogP contribution is -1.97. The fraction of sp³-hybridized carbons (Fsp3) is 0.950. The Balaban J connectivity index is 1.66. The molecule has 2 nitrogen and oxygen atoms in total. The third-order valence-electron chi connectivity index (χ3n) is 4.72. The van der Waals surface area contributed by atoms with Crippen LogP contribution in [-0.4, -0.2) is 22.9 Å². The van der Waals surface area contributed by atoms with Crippen LogP contribution in [0.25, 0.3) is 0 Å². The van der Waals surface area contributed by atoms with Crippen molar-refractivity contribution in [1.29, 1.82) is 0 Å². The molecule has 136 valence electrons. The maximum Gasteiger partial charge on any atom is 0.132 e. The van der Waals surface area contributed by atoms with Gasteiger partial charge in [-0.25, -0.2) is 0 Å².